The molecule has 1 aromatic rings. The number of allylic oxidation sites excluding steroid dienone is 2. The summed E-state index contributed by atoms with van der Waals surface area (Å²) in [5.74, 6) is 7.45. The fourth-order valence-corrected chi connectivity index (χ4v) is 5.39. The Morgan fingerprint density at radius 1 is 1.26 bits per heavy atom. The van der Waals surface area contributed by atoms with Crippen molar-refractivity contribution in [2.24, 2.45) is 17.3 Å². The lowest BCUT2D eigenvalue weighted by Gasteiger charge is -2.48. The monoisotopic (exact) mass is 308 g/mol. The van der Waals surface area contributed by atoms with Gasteiger partial charge in [0.25, 0.3) is 0 Å². The van der Waals surface area contributed by atoms with Crippen LogP contribution in [0.2, 0.25) is 0 Å². The molecule has 2 nitrogen and oxygen atoms in total. The van der Waals surface area contributed by atoms with E-state index in [1.807, 2.05) is 13.0 Å². The van der Waals surface area contributed by atoms with E-state index in [1.165, 1.54) is 16.7 Å². The summed E-state index contributed by atoms with van der Waals surface area (Å²) in [4.78, 5) is 0. The number of hydrogen-bond acceptors (Lipinski definition) is 2. The molecule has 0 aliphatic heterocycles. The zero-order valence-corrected chi connectivity index (χ0v) is 13.9. The lowest BCUT2D eigenvalue weighted by molar-refractivity contribution is -0.0301. The molecule has 0 heterocycles. The summed E-state index contributed by atoms with van der Waals surface area (Å²) in [5.41, 5.74) is 3.01. The van der Waals surface area contributed by atoms with Gasteiger partial charge in [0.15, 0.2) is 0 Å². The predicted octanol–water partition coefficient (Wildman–Crippen LogP) is 3.91. The lowest BCUT2D eigenvalue weighted by Crippen LogP contribution is -2.47. The van der Waals surface area contributed by atoms with Crippen molar-refractivity contribution in [3.05, 3.63) is 35.4 Å². The molecule has 0 radical (unpaired) electrons. The Bertz CT molecular complexity index is 751. The molecule has 4 rings (SSSR count). The third-order valence-corrected chi connectivity index (χ3v) is 6.67. The molecule has 0 spiro atoms. The van der Waals surface area contributed by atoms with E-state index >= 15 is 0 Å². The van der Waals surface area contributed by atoms with E-state index in [9.17, 15) is 10.2 Å². The Morgan fingerprint density at radius 2 is 2.09 bits per heavy atom. The fourth-order valence-electron chi connectivity index (χ4n) is 5.39. The SMILES string of the molecule is CC#C[C@]1(O)CC[C@H]2[C@@H]3CCc4cc(O)ccc4C3=CC[C@@]21C. The van der Waals surface area contributed by atoms with Crippen molar-refractivity contribution >= 4 is 5.57 Å². The number of rotatable bonds is 0. The first-order valence-corrected chi connectivity index (χ1v) is 8.67. The number of phenolic OH excluding ortho intramolecular Hbond substituents is 1. The van der Waals surface area contributed by atoms with Crippen LogP contribution in [-0.4, -0.2) is 15.8 Å². The van der Waals surface area contributed by atoms with Crippen molar-refractivity contribution in [3.8, 4) is 17.6 Å². The molecule has 120 valence electrons. The Morgan fingerprint density at radius 3 is 2.87 bits per heavy atom. The first-order valence-electron chi connectivity index (χ1n) is 8.67. The average molecular weight is 308 g/mol. The number of benzene rings is 1. The number of aryl methyl sites for hydroxylation is 1. The van der Waals surface area contributed by atoms with Gasteiger partial charge in [-0.25, -0.2) is 0 Å². The fraction of sp³-hybridized carbons (Fsp3) is 0.524. The van der Waals surface area contributed by atoms with Crippen molar-refractivity contribution in [1.29, 1.82) is 0 Å². The second kappa shape index (κ2) is 4.89. The molecular formula is C21H24O2. The summed E-state index contributed by atoms with van der Waals surface area (Å²) < 4.78 is 0. The van der Waals surface area contributed by atoms with Crippen LogP contribution in [0.4, 0.5) is 0 Å². The molecule has 1 saturated carbocycles. The van der Waals surface area contributed by atoms with Gasteiger partial charge in [-0.3, -0.25) is 0 Å². The van der Waals surface area contributed by atoms with Gasteiger partial charge in [-0.05, 0) is 79.7 Å². The predicted molar refractivity (Wildman–Crippen MR) is 91.7 cm³/mol. The minimum atomic E-state index is -0.844. The van der Waals surface area contributed by atoms with Crippen molar-refractivity contribution in [2.75, 3.05) is 0 Å². The first-order chi connectivity index (χ1) is 11.0. The third kappa shape index (κ3) is 1.93. The van der Waals surface area contributed by atoms with Crippen LogP contribution in [0.5, 0.6) is 5.75 Å². The number of aromatic hydroxyl groups is 1. The second-order valence-electron chi connectivity index (χ2n) is 7.65. The highest BCUT2D eigenvalue weighted by Gasteiger charge is 2.59. The van der Waals surface area contributed by atoms with Crippen LogP contribution in [0.15, 0.2) is 24.3 Å². The Balaban J connectivity index is 1.79. The van der Waals surface area contributed by atoms with Gasteiger partial charge in [-0.2, -0.15) is 0 Å². The largest absolute Gasteiger partial charge is 0.508 e. The van der Waals surface area contributed by atoms with E-state index in [0.717, 1.165) is 32.1 Å². The molecule has 0 aromatic heterocycles. The van der Waals surface area contributed by atoms with E-state index in [2.05, 4.69) is 30.9 Å². The first kappa shape index (κ1) is 14.8. The van der Waals surface area contributed by atoms with Crippen molar-refractivity contribution in [1.82, 2.24) is 0 Å². The molecule has 0 saturated heterocycles. The lowest BCUT2D eigenvalue weighted by atomic mass is 9.57. The minimum Gasteiger partial charge on any atom is -0.508 e. The van der Waals surface area contributed by atoms with Crippen molar-refractivity contribution in [3.63, 3.8) is 0 Å². The van der Waals surface area contributed by atoms with E-state index in [1.54, 1.807) is 6.07 Å². The van der Waals surface area contributed by atoms with Crippen LogP contribution in [0.1, 0.15) is 50.7 Å². The molecule has 4 atom stereocenters. The van der Waals surface area contributed by atoms with Crippen molar-refractivity contribution in [2.45, 2.75) is 51.6 Å². The molecule has 2 N–H and O–H groups in total. The highest BCUT2D eigenvalue weighted by Crippen LogP contribution is 2.62. The topological polar surface area (TPSA) is 40.5 Å². The Hall–Kier alpha value is -1.72. The molecule has 3 aliphatic carbocycles. The van der Waals surface area contributed by atoms with Gasteiger partial charge in [0.2, 0.25) is 0 Å². The van der Waals surface area contributed by atoms with Crippen LogP contribution < -0.4 is 0 Å². The molecule has 3 aliphatic rings. The Labute approximate surface area is 138 Å². The molecule has 0 bridgehead atoms. The van der Waals surface area contributed by atoms with Crippen molar-refractivity contribution < 1.29 is 10.2 Å². The molecule has 0 unspecified atom stereocenters. The van der Waals surface area contributed by atoms with Crippen LogP contribution in [0, 0.1) is 29.1 Å². The van der Waals surface area contributed by atoms with E-state index in [-0.39, 0.29) is 5.41 Å². The molecular weight excluding hydrogens is 284 g/mol. The quantitative estimate of drug-likeness (QED) is 0.713. The van der Waals surface area contributed by atoms with Crippen LogP contribution in [0.25, 0.3) is 5.57 Å². The maximum Gasteiger partial charge on any atom is 0.131 e. The summed E-state index contributed by atoms with van der Waals surface area (Å²) in [6.45, 7) is 4.05. The van der Waals surface area contributed by atoms with Gasteiger partial charge in [0, 0.05) is 5.41 Å². The summed E-state index contributed by atoms with van der Waals surface area (Å²) in [7, 11) is 0. The third-order valence-electron chi connectivity index (χ3n) is 6.67. The van der Waals surface area contributed by atoms with Crippen LogP contribution in [0.3, 0.4) is 0 Å². The number of phenols is 1. The van der Waals surface area contributed by atoms with Gasteiger partial charge in [0.1, 0.15) is 11.4 Å². The van der Waals surface area contributed by atoms with Gasteiger partial charge >= 0.3 is 0 Å². The second-order valence-corrected chi connectivity index (χ2v) is 7.65. The normalized spacial score (nSPS) is 37.8. The molecule has 1 aromatic carbocycles. The number of hydrogen-bond donors (Lipinski definition) is 2. The molecule has 1 fully saturated rings. The van der Waals surface area contributed by atoms with Crippen LogP contribution in [-0.2, 0) is 6.42 Å². The summed E-state index contributed by atoms with van der Waals surface area (Å²) >= 11 is 0. The number of aliphatic hydroxyl groups is 1. The summed E-state index contributed by atoms with van der Waals surface area (Å²) in [6.07, 6.45) is 7.18. The van der Waals surface area contributed by atoms with E-state index < -0.39 is 5.60 Å². The zero-order chi connectivity index (χ0) is 16.2. The zero-order valence-electron chi connectivity index (χ0n) is 13.9. The standard InChI is InChI=1S/C21H24O2/c1-3-10-21(23)12-9-19-18-6-4-14-13-15(22)5-7-16(14)17(18)8-11-20(19,21)2/h5,7-8,13,18-19,22-23H,4,6,9,11-12H2,1-2H3/t18-,19+,20+,21+/m1/s1. The van der Waals surface area contributed by atoms with E-state index in [4.69, 9.17) is 0 Å². The average Bonchev–Trinajstić information content (AvgIpc) is 2.79. The van der Waals surface area contributed by atoms with Gasteiger partial charge in [-0.15, -0.1) is 5.92 Å². The summed E-state index contributed by atoms with van der Waals surface area (Å²) in [5, 5.41) is 20.9. The molecule has 23 heavy (non-hydrogen) atoms. The molecule has 0 amide bonds. The maximum atomic E-state index is 11.1. The summed E-state index contributed by atoms with van der Waals surface area (Å²) in [6, 6.07) is 5.77. The Kier molecular flexibility index (Phi) is 3.15. The highest BCUT2D eigenvalue weighted by molar-refractivity contribution is 5.74. The highest BCUT2D eigenvalue weighted by atomic mass is 16.3. The van der Waals surface area contributed by atoms with E-state index in [0.29, 0.717) is 17.6 Å². The van der Waals surface area contributed by atoms with Gasteiger partial charge < -0.3 is 10.2 Å². The van der Waals surface area contributed by atoms with Crippen LogP contribution >= 0.6 is 0 Å². The van der Waals surface area contributed by atoms with Gasteiger partial charge in [0.05, 0.1) is 0 Å². The van der Waals surface area contributed by atoms with Gasteiger partial charge in [-0.1, -0.05) is 25.0 Å². The number of fused-ring (bicyclic) bond motifs is 5. The molecule has 2 heteroatoms. The smallest absolute Gasteiger partial charge is 0.131 e. The minimum absolute atomic E-state index is 0.140. The maximum absolute atomic E-state index is 11.1.